The number of β-amino-alcohol motifs (C(OH)–C–C–N with tert-alkyl or cyclic N) is 1. The fourth-order valence-electron chi connectivity index (χ4n) is 2.25. The number of benzene rings is 1. The first-order chi connectivity index (χ1) is 9.56. The molecule has 1 aromatic rings. The van der Waals surface area contributed by atoms with Crippen LogP contribution in [0.1, 0.15) is 12.0 Å². The van der Waals surface area contributed by atoms with Crippen molar-refractivity contribution in [3.8, 4) is 0 Å². The number of anilines is 1. The minimum Gasteiger partial charge on any atom is -0.391 e. The molecule has 0 saturated carbocycles. The van der Waals surface area contributed by atoms with Crippen LogP contribution in [0.15, 0.2) is 18.2 Å². The van der Waals surface area contributed by atoms with Crippen LogP contribution < -0.4 is 16.0 Å². The Morgan fingerprint density at radius 2 is 2.35 bits per heavy atom. The molecule has 1 saturated heterocycles. The number of rotatable bonds is 3. The van der Waals surface area contributed by atoms with Gasteiger partial charge in [-0.3, -0.25) is 0 Å². The monoisotopic (exact) mass is 297 g/mol. The van der Waals surface area contributed by atoms with Gasteiger partial charge in [0.2, 0.25) is 0 Å². The van der Waals surface area contributed by atoms with E-state index >= 15 is 0 Å². The normalized spacial score (nSPS) is 22.4. The fourth-order valence-corrected chi connectivity index (χ4v) is 2.43. The number of urea groups is 1. The Morgan fingerprint density at radius 3 is 3.10 bits per heavy atom. The smallest absolute Gasteiger partial charge is 0.319 e. The van der Waals surface area contributed by atoms with Crippen molar-refractivity contribution >= 4 is 23.3 Å². The van der Waals surface area contributed by atoms with Crippen LogP contribution in [-0.4, -0.2) is 36.9 Å². The molecule has 1 aromatic carbocycles. The molecular formula is C14H20ClN3O2. The quantitative estimate of drug-likeness (QED) is 0.687. The third-order valence-corrected chi connectivity index (χ3v) is 3.80. The van der Waals surface area contributed by atoms with Crippen LogP contribution in [0.4, 0.5) is 10.5 Å². The molecule has 1 heterocycles. The number of piperidine rings is 1. The van der Waals surface area contributed by atoms with E-state index in [1.165, 1.54) is 0 Å². The van der Waals surface area contributed by atoms with Crippen LogP contribution in [0, 0.1) is 12.8 Å². The number of carbonyl (C=O) groups excluding carboxylic acids is 1. The van der Waals surface area contributed by atoms with Gasteiger partial charge in [-0.2, -0.15) is 0 Å². The molecule has 6 heteroatoms. The minimum atomic E-state index is -0.406. The van der Waals surface area contributed by atoms with E-state index in [1.807, 2.05) is 13.0 Å². The molecule has 2 atom stereocenters. The average molecular weight is 298 g/mol. The first kappa shape index (κ1) is 15.1. The van der Waals surface area contributed by atoms with Gasteiger partial charge in [0.15, 0.2) is 0 Å². The second-order valence-corrected chi connectivity index (χ2v) is 5.55. The molecule has 0 aliphatic carbocycles. The Morgan fingerprint density at radius 1 is 1.55 bits per heavy atom. The van der Waals surface area contributed by atoms with Crippen LogP contribution in [-0.2, 0) is 0 Å². The van der Waals surface area contributed by atoms with Crippen LogP contribution in [0.25, 0.3) is 0 Å². The maximum absolute atomic E-state index is 11.9. The third kappa shape index (κ3) is 4.10. The highest BCUT2D eigenvalue weighted by molar-refractivity contribution is 6.31. The molecule has 0 aromatic heterocycles. The Bertz CT molecular complexity index is 481. The second kappa shape index (κ2) is 6.92. The number of hydrogen-bond donors (Lipinski definition) is 4. The van der Waals surface area contributed by atoms with E-state index < -0.39 is 6.10 Å². The SMILES string of the molecule is Cc1ccc(Cl)cc1NC(=O)NC[C@@H]1CCNC[C@H]1O. The highest BCUT2D eigenvalue weighted by atomic mass is 35.5. The number of aryl methyl sites for hydroxylation is 1. The third-order valence-electron chi connectivity index (χ3n) is 3.56. The zero-order valence-corrected chi connectivity index (χ0v) is 12.2. The largest absolute Gasteiger partial charge is 0.391 e. The summed E-state index contributed by atoms with van der Waals surface area (Å²) in [6.07, 6.45) is 0.453. The van der Waals surface area contributed by atoms with Crippen molar-refractivity contribution in [2.75, 3.05) is 25.0 Å². The summed E-state index contributed by atoms with van der Waals surface area (Å²) >= 11 is 5.91. The van der Waals surface area contributed by atoms with E-state index in [0.717, 1.165) is 18.5 Å². The zero-order valence-electron chi connectivity index (χ0n) is 11.4. The standard InChI is InChI=1S/C14H20ClN3O2/c1-9-2-3-11(15)6-12(9)18-14(20)17-7-10-4-5-16-8-13(10)19/h2-3,6,10,13,16,19H,4-5,7-8H2,1H3,(H2,17,18,20)/t10-,13+/m0/s1. The average Bonchev–Trinajstić information content (AvgIpc) is 2.42. The molecule has 5 nitrogen and oxygen atoms in total. The number of halogens is 1. The van der Waals surface area contributed by atoms with Crippen molar-refractivity contribution in [3.63, 3.8) is 0 Å². The molecule has 0 unspecified atom stereocenters. The van der Waals surface area contributed by atoms with Crippen LogP contribution in [0.3, 0.4) is 0 Å². The summed E-state index contributed by atoms with van der Waals surface area (Å²) < 4.78 is 0. The van der Waals surface area contributed by atoms with E-state index in [9.17, 15) is 9.90 Å². The van der Waals surface area contributed by atoms with E-state index in [-0.39, 0.29) is 11.9 Å². The van der Waals surface area contributed by atoms with E-state index in [1.54, 1.807) is 12.1 Å². The summed E-state index contributed by atoms with van der Waals surface area (Å²) in [6.45, 7) is 3.83. The van der Waals surface area contributed by atoms with Gasteiger partial charge in [0.25, 0.3) is 0 Å². The number of hydrogen-bond acceptors (Lipinski definition) is 3. The maximum Gasteiger partial charge on any atom is 0.319 e. The van der Waals surface area contributed by atoms with Crippen LogP contribution in [0.2, 0.25) is 5.02 Å². The molecule has 2 amide bonds. The zero-order chi connectivity index (χ0) is 14.5. The van der Waals surface area contributed by atoms with Gasteiger partial charge < -0.3 is 21.1 Å². The fraction of sp³-hybridized carbons (Fsp3) is 0.500. The van der Waals surface area contributed by atoms with Crippen LogP contribution >= 0.6 is 11.6 Å². The molecule has 4 N–H and O–H groups in total. The molecule has 2 rings (SSSR count). The van der Waals surface area contributed by atoms with Crippen molar-refractivity contribution in [3.05, 3.63) is 28.8 Å². The molecule has 20 heavy (non-hydrogen) atoms. The molecule has 1 fully saturated rings. The summed E-state index contributed by atoms with van der Waals surface area (Å²) in [5.41, 5.74) is 1.65. The van der Waals surface area contributed by atoms with Gasteiger partial charge in [-0.15, -0.1) is 0 Å². The second-order valence-electron chi connectivity index (χ2n) is 5.11. The lowest BCUT2D eigenvalue weighted by Crippen LogP contribution is -2.46. The maximum atomic E-state index is 11.9. The molecule has 110 valence electrons. The Hall–Kier alpha value is -1.30. The van der Waals surface area contributed by atoms with E-state index in [4.69, 9.17) is 11.6 Å². The van der Waals surface area contributed by atoms with Crippen LogP contribution in [0.5, 0.6) is 0 Å². The summed E-state index contributed by atoms with van der Waals surface area (Å²) in [6, 6.07) is 5.08. The van der Waals surface area contributed by atoms with Crippen molar-refractivity contribution in [2.45, 2.75) is 19.4 Å². The molecule has 1 aliphatic heterocycles. The predicted molar refractivity (Wildman–Crippen MR) is 80.2 cm³/mol. The number of carbonyl (C=O) groups is 1. The summed E-state index contributed by atoms with van der Waals surface area (Å²) in [5.74, 6) is 0.0995. The lowest BCUT2D eigenvalue weighted by atomic mass is 9.95. The molecule has 0 bridgehead atoms. The Balaban J connectivity index is 1.84. The van der Waals surface area contributed by atoms with Gasteiger partial charge in [-0.25, -0.2) is 4.79 Å². The number of aliphatic hydroxyl groups is 1. The van der Waals surface area contributed by atoms with E-state index in [0.29, 0.717) is 23.8 Å². The number of amides is 2. The highest BCUT2D eigenvalue weighted by Gasteiger charge is 2.23. The molecule has 0 spiro atoms. The summed E-state index contributed by atoms with van der Waals surface area (Å²) in [7, 11) is 0. The summed E-state index contributed by atoms with van der Waals surface area (Å²) in [5, 5.41) is 19.1. The topological polar surface area (TPSA) is 73.4 Å². The molecular weight excluding hydrogens is 278 g/mol. The van der Waals surface area contributed by atoms with Gasteiger partial charge in [-0.05, 0) is 37.6 Å². The summed E-state index contributed by atoms with van der Waals surface area (Å²) in [4.78, 5) is 11.9. The number of nitrogens with one attached hydrogen (secondary N) is 3. The first-order valence-corrected chi connectivity index (χ1v) is 7.14. The van der Waals surface area contributed by atoms with Crippen molar-refractivity contribution in [1.29, 1.82) is 0 Å². The van der Waals surface area contributed by atoms with Gasteiger partial charge in [0.05, 0.1) is 6.10 Å². The van der Waals surface area contributed by atoms with Gasteiger partial charge >= 0.3 is 6.03 Å². The Labute approximate surface area is 123 Å². The number of aliphatic hydroxyl groups excluding tert-OH is 1. The Kier molecular flexibility index (Phi) is 5.23. The van der Waals surface area contributed by atoms with Crippen molar-refractivity contribution in [1.82, 2.24) is 10.6 Å². The molecule has 0 radical (unpaired) electrons. The first-order valence-electron chi connectivity index (χ1n) is 6.76. The highest BCUT2D eigenvalue weighted by Crippen LogP contribution is 2.20. The van der Waals surface area contributed by atoms with Gasteiger partial charge in [-0.1, -0.05) is 17.7 Å². The minimum absolute atomic E-state index is 0.0995. The van der Waals surface area contributed by atoms with Gasteiger partial charge in [0, 0.05) is 29.7 Å². The van der Waals surface area contributed by atoms with Crippen molar-refractivity contribution < 1.29 is 9.90 Å². The van der Waals surface area contributed by atoms with Crippen molar-refractivity contribution in [2.24, 2.45) is 5.92 Å². The van der Waals surface area contributed by atoms with E-state index in [2.05, 4.69) is 16.0 Å². The predicted octanol–water partition coefficient (Wildman–Crippen LogP) is 1.74. The lowest BCUT2D eigenvalue weighted by Gasteiger charge is -2.28. The van der Waals surface area contributed by atoms with Gasteiger partial charge in [0.1, 0.15) is 0 Å². The lowest BCUT2D eigenvalue weighted by molar-refractivity contribution is 0.0830. The molecule has 1 aliphatic rings.